The van der Waals surface area contributed by atoms with Crippen LogP contribution in [-0.2, 0) is 14.8 Å². The summed E-state index contributed by atoms with van der Waals surface area (Å²) in [5.41, 5.74) is 0.793. The Hall–Kier alpha value is -1.54. The summed E-state index contributed by atoms with van der Waals surface area (Å²) in [5.74, 6) is -0.205. The molecule has 0 spiro atoms. The predicted molar refractivity (Wildman–Crippen MR) is 99.4 cm³/mol. The van der Waals surface area contributed by atoms with Gasteiger partial charge in [0.2, 0.25) is 0 Å². The highest BCUT2D eigenvalue weighted by Gasteiger charge is 2.28. The third kappa shape index (κ3) is 4.00. The molecule has 2 aromatic rings. The van der Waals surface area contributed by atoms with Gasteiger partial charge in [0.05, 0.1) is 15.5 Å². The van der Waals surface area contributed by atoms with Crippen LogP contribution in [0.15, 0.2) is 51.8 Å². The Morgan fingerprint density at radius 2 is 1.92 bits per heavy atom. The van der Waals surface area contributed by atoms with Gasteiger partial charge in [-0.15, -0.1) is 11.8 Å². The van der Waals surface area contributed by atoms with Crippen molar-refractivity contribution < 1.29 is 17.9 Å². The summed E-state index contributed by atoms with van der Waals surface area (Å²) in [6.45, 7) is 0.0870. The van der Waals surface area contributed by atoms with E-state index in [1.165, 1.54) is 30.0 Å². The summed E-state index contributed by atoms with van der Waals surface area (Å²) in [5, 5.41) is 1.04. The normalized spacial score (nSPS) is 14.7. The largest absolute Gasteiger partial charge is 0.461 e. The van der Waals surface area contributed by atoms with Crippen molar-refractivity contribution in [3.05, 3.63) is 63.6 Å². The van der Waals surface area contributed by atoms with E-state index in [1.807, 2.05) is 0 Å². The van der Waals surface area contributed by atoms with E-state index in [-0.39, 0.29) is 22.1 Å². The summed E-state index contributed by atoms with van der Waals surface area (Å²) >= 11 is 12.9. The molecule has 0 aromatic heterocycles. The van der Waals surface area contributed by atoms with Crippen LogP contribution in [0.3, 0.4) is 0 Å². The van der Waals surface area contributed by atoms with Crippen molar-refractivity contribution in [2.75, 3.05) is 12.4 Å². The number of sulfonamides is 1. The van der Waals surface area contributed by atoms with Gasteiger partial charge in [0.25, 0.3) is 10.0 Å². The van der Waals surface area contributed by atoms with E-state index in [0.29, 0.717) is 21.4 Å². The molecule has 0 saturated heterocycles. The molecule has 0 aliphatic carbocycles. The maximum atomic E-state index is 12.0. The van der Waals surface area contributed by atoms with Gasteiger partial charge >= 0.3 is 5.97 Å². The number of fused-ring (bicyclic) bond motifs is 1. The molecule has 0 saturated carbocycles. The second kappa shape index (κ2) is 7.37. The molecule has 0 amide bonds. The maximum Gasteiger partial charge on any atom is 0.339 e. The number of carbonyl (C=O) groups excluding carboxylic acids is 1. The van der Waals surface area contributed by atoms with Gasteiger partial charge in [0, 0.05) is 16.3 Å². The van der Waals surface area contributed by atoms with Crippen molar-refractivity contribution in [2.45, 2.75) is 4.90 Å². The number of nitrogens with zero attached hydrogens (tertiary/aromatic N) is 1. The van der Waals surface area contributed by atoms with Gasteiger partial charge in [-0.2, -0.15) is 12.8 Å². The highest BCUT2D eigenvalue weighted by atomic mass is 35.5. The van der Waals surface area contributed by atoms with Crippen molar-refractivity contribution in [3.63, 3.8) is 0 Å². The van der Waals surface area contributed by atoms with Crippen LogP contribution in [0.4, 0.5) is 0 Å². The lowest BCUT2D eigenvalue weighted by Crippen LogP contribution is -2.09. The van der Waals surface area contributed by atoms with E-state index >= 15 is 0 Å². The van der Waals surface area contributed by atoms with E-state index in [2.05, 4.69) is 4.40 Å². The van der Waals surface area contributed by atoms with Gasteiger partial charge in [0.15, 0.2) is 0 Å². The van der Waals surface area contributed by atoms with Crippen molar-refractivity contribution in [3.8, 4) is 0 Å². The zero-order chi connectivity index (χ0) is 18.0. The van der Waals surface area contributed by atoms with Gasteiger partial charge in [0.1, 0.15) is 11.7 Å². The molecule has 2 aromatic carbocycles. The van der Waals surface area contributed by atoms with E-state index in [9.17, 15) is 13.2 Å². The fourth-order valence-electron chi connectivity index (χ4n) is 2.19. The molecule has 1 heterocycles. The molecule has 0 bridgehead atoms. The van der Waals surface area contributed by atoms with Crippen LogP contribution in [-0.4, -0.2) is 31.8 Å². The lowest BCUT2D eigenvalue weighted by molar-refractivity contribution is 0.0530. The Morgan fingerprint density at radius 3 is 2.68 bits per heavy atom. The van der Waals surface area contributed by atoms with Gasteiger partial charge in [-0.1, -0.05) is 41.4 Å². The molecule has 0 N–H and O–H groups in total. The van der Waals surface area contributed by atoms with Crippen LogP contribution in [0, 0.1) is 0 Å². The molecule has 0 fully saturated rings. The third-order valence-corrected chi connectivity index (χ3v) is 6.26. The molecular weight excluding hydrogens is 405 g/mol. The predicted octanol–water partition coefficient (Wildman–Crippen LogP) is 4.03. The lowest BCUT2D eigenvalue weighted by atomic mass is 10.2. The molecule has 0 atom stereocenters. The minimum Gasteiger partial charge on any atom is -0.461 e. The Morgan fingerprint density at radius 1 is 1.16 bits per heavy atom. The maximum absolute atomic E-state index is 12.0. The average molecular weight is 416 g/mol. The Kier molecular flexibility index (Phi) is 5.38. The summed E-state index contributed by atoms with van der Waals surface area (Å²) in [7, 11) is -3.63. The number of thioether (sulfide) groups is 1. The Bertz CT molecular complexity index is 974. The monoisotopic (exact) mass is 415 g/mol. The molecule has 25 heavy (non-hydrogen) atoms. The Balaban J connectivity index is 1.58. The molecule has 9 heteroatoms. The molecule has 0 unspecified atom stereocenters. The van der Waals surface area contributed by atoms with E-state index in [4.69, 9.17) is 27.9 Å². The first-order valence-corrected chi connectivity index (χ1v) is 10.3. The minimum absolute atomic E-state index is 0.0870. The van der Waals surface area contributed by atoms with Gasteiger partial charge in [-0.25, -0.2) is 4.79 Å². The van der Waals surface area contributed by atoms with Crippen LogP contribution >= 0.6 is 35.0 Å². The van der Waals surface area contributed by atoms with Crippen LogP contribution in [0.25, 0.3) is 0 Å². The lowest BCUT2D eigenvalue weighted by Gasteiger charge is -2.06. The fourth-order valence-corrected chi connectivity index (χ4v) is 5.04. The van der Waals surface area contributed by atoms with Crippen molar-refractivity contribution >= 4 is 56.0 Å². The Labute approximate surface area is 159 Å². The number of halogens is 2. The summed E-state index contributed by atoms with van der Waals surface area (Å²) in [6, 6.07) is 11.1. The molecule has 1 aliphatic heterocycles. The van der Waals surface area contributed by atoms with E-state index in [1.54, 1.807) is 24.3 Å². The molecule has 5 nitrogen and oxygen atoms in total. The van der Waals surface area contributed by atoms with Gasteiger partial charge in [-0.3, -0.25) is 0 Å². The smallest absolute Gasteiger partial charge is 0.339 e. The standard InChI is InChI=1S/C16H11Cl2NO4S2/c17-10-5-6-11(13(18)9-10)16(20)23-7-8-24-15-12-3-1-2-4-14(12)25(21,22)19-15/h1-6,9H,7-8H2. The van der Waals surface area contributed by atoms with Crippen molar-refractivity contribution in [2.24, 2.45) is 4.40 Å². The van der Waals surface area contributed by atoms with Gasteiger partial charge < -0.3 is 4.74 Å². The zero-order valence-corrected chi connectivity index (χ0v) is 15.8. The van der Waals surface area contributed by atoms with Gasteiger partial charge in [-0.05, 0) is 24.3 Å². The first-order chi connectivity index (χ1) is 11.9. The number of benzene rings is 2. The van der Waals surface area contributed by atoms with Crippen molar-refractivity contribution in [1.82, 2.24) is 0 Å². The second-order valence-corrected chi connectivity index (χ2v) is 8.48. The third-order valence-electron chi connectivity index (χ3n) is 3.30. The molecule has 130 valence electrons. The number of hydrogen-bond acceptors (Lipinski definition) is 5. The number of rotatable bonds is 4. The summed E-state index contributed by atoms with van der Waals surface area (Å²) in [4.78, 5) is 12.2. The first-order valence-electron chi connectivity index (χ1n) is 7.08. The van der Waals surface area contributed by atoms with Crippen molar-refractivity contribution in [1.29, 1.82) is 0 Å². The van der Waals surface area contributed by atoms with Crippen LogP contribution in [0.2, 0.25) is 10.0 Å². The summed E-state index contributed by atoms with van der Waals surface area (Å²) < 4.78 is 32.8. The number of carbonyl (C=O) groups is 1. The van der Waals surface area contributed by atoms with E-state index < -0.39 is 16.0 Å². The molecule has 3 rings (SSSR count). The SMILES string of the molecule is O=C(OCCSC1=NS(=O)(=O)c2ccccc21)c1ccc(Cl)cc1Cl. The topological polar surface area (TPSA) is 72.8 Å². The fraction of sp³-hybridized carbons (Fsp3) is 0.125. The molecular formula is C16H11Cl2NO4S2. The second-order valence-electron chi connectivity index (χ2n) is 4.98. The van der Waals surface area contributed by atoms with Crippen LogP contribution in [0.5, 0.6) is 0 Å². The number of ether oxygens (including phenoxy) is 1. The highest BCUT2D eigenvalue weighted by Crippen LogP contribution is 2.30. The number of hydrogen-bond donors (Lipinski definition) is 0. The first kappa shape index (κ1) is 18.3. The highest BCUT2D eigenvalue weighted by molar-refractivity contribution is 8.15. The molecule has 1 aliphatic rings. The van der Waals surface area contributed by atoms with Crippen LogP contribution < -0.4 is 0 Å². The molecule has 0 radical (unpaired) electrons. The average Bonchev–Trinajstić information content (AvgIpc) is 2.83. The number of esters is 1. The quantitative estimate of drug-likeness (QED) is 0.556. The van der Waals surface area contributed by atoms with Crippen LogP contribution in [0.1, 0.15) is 15.9 Å². The minimum atomic E-state index is -3.63. The van der Waals surface area contributed by atoms with E-state index in [0.717, 1.165) is 0 Å². The summed E-state index contributed by atoms with van der Waals surface area (Å²) in [6.07, 6.45) is 0. The zero-order valence-electron chi connectivity index (χ0n) is 12.6.